The number of rotatable bonds is 12. The highest BCUT2D eigenvalue weighted by atomic mass is 35.5. The van der Waals surface area contributed by atoms with Crippen LogP contribution in [0, 0.1) is 5.82 Å². The Balaban J connectivity index is 1.46. The molecule has 0 aliphatic heterocycles. The summed E-state index contributed by atoms with van der Waals surface area (Å²) in [5, 5.41) is 5.36. The molecule has 9 nitrogen and oxygen atoms in total. The summed E-state index contributed by atoms with van der Waals surface area (Å²) in [6.45, 7) is 2.35. The number of carbonyl (C=O) groups is 3. The van der Waals surface area contributed by atoms with Crippen molar-refractivity contribution >= 4 is 40.9 Å². The van der Waals surface area contributed by atoms with E-state index in [0.29, 0.717) is 34.9 Å². The summed E-state index contributed by atoms with van der Waals surface area (Å²) in [7, 11) is 2.74. The minimum absolute atomic E-state index is 0.0354. The van der Waals surface area contributed by atoms with Crippen LogP contribution in [-0.4, -0.2) is 49.7 Å². The number of nitrogens with one attached hydrogen (secondary N) is 2. The van der Waals surface area contributed by atoms with Crippen molar-refractivity contribution in [1.82, 2.24) is 4.90 Å². The van der Waals surface area contributed by atoms with Gasteiger partial charge in [0.25, 0.3) is 0 Å². The van der Waals surface area contributed by atoms with Gasteiger partial charge in [-0.3, -0.25) is 4.79 Å². The summed E-state index contributed by atoms with van der Waals surface area (Å²) in [6, 6.07) is 24.0. The topological polar surface area (TPSA) is 106 Å². The molecule has 0 aliphatic rings. The van der Waals surface area contributed by atoms with Gasteiger partial charge in [0.15, 0.2) is 0 Å². The van der Waals surface area contributed by atoms with Crippen LogP contribution in [-0.2, 0) is 22.5 Å². The minimum Gasteiger partial charge on any atom is -0.495 e. The van der Waals surface area contributed by atoms with Gasteiger partial charge in [-0.15, -0.1) is 0 Å². The Labute approximate surface area is 265 Å². The van der Waals surface area contributed by atoms with Crippen molar-refractivity contribution in [1.29, 1.82) is 0 Å². The summed E-state index contributed by atoms with van der Waals surface area (Å²) in [5.74, 6) is -0.534. The molecule has 11 heteroatoms. The first-order chi connectivity index (χ1) is 21.7. The maximum atomic E-state index is 13.9. The normalized spacial score (nSPS) is 11.2. The third kappa shape index (κ3) is 8.96. The predicted octanol–water partition coefficient (Wildman–Crippen LogP) is 6.96. The van der Waals surface area contributed by atoms with Crippen LogP contribution in [0.25, 0.3) is 0 Å². The molecule has 0 aliphatic carbocycles. The Morgan fingerprint density at radius 2 is 1.56 bits per heavy atom. The van der Waals surface area contributed by atoms with Crippen LogP contribution in [0.15, 0.2) is 91.0 Å². The van der Waals surface area contributed by atoms with Crippen molar-refractivity contribution < 1.29 is 33.0 Å². The quantitative estimate of drug-likeness (QED) is 0.163. The van der Waals surface area contributed by atoms with Gasteiger partial charge in [-0.25, -0.2) is 14.0 Å². The van der Waals surface area contributed by atoms with Gasteiger partial charge in [-0.2, -0.15) is 0 Å². The lowest BCUT2D eigenvalue weighted by atomic mass is 10.1. The van der Waals surface area contributed by atoms with E-state index in [4.69, 9.17) is 25.8 Å². The summed E-state index contributed by atoms with van der Waals surface area (Å²) < 4.78 is 30.1. The van der Waals surface area contributed by atoms with E-state index in [1.807, 2.05) is 37.3 Å². The molecule has 0 fully saturated rings. The molecule has 0 spiro atoms. The van der Waals surface area contributed by atoms with Crippen LogP contribution >= 0.6 is 11.6 Å². The number of halogens is 2. The fourth-order valence-electron chi connectivity index (χ4n) is 4.50. The minimum atomic E-state index is -0.648. The summed E-state index contributed by atoms with van der Waals surface area (Å²) in [6.07, 6.45) is 0.0455. The Morgan fingerprint density at radius 3 is 2.24 bits per heavy atom. The number of hydrogen-bond donors (Lipinski definition) is 2. The highest BCUT2D eigenvalue weighted by Crippen LogP contribution is 2.28. The van der Waals surface area contributed by atoms with Crippen molar-refractivity contribution in [3.63, 3.8) is 0 Å². The zero-order valence-electron chi connectivity index (χ0n) is 25.0. The first-order valence-electron chi connectivity index (χ1n) is 14.0. The SMILES string of the molecule is COC(=O)c1ccc(OC[C@H](C)N(Cc2ccccc2)C(=O)Cc2ccc(NC(=O)Nc3ccccc3F)c(OC)c2)c(Cl)c1. The van der Waals surface area contributed by atoms with Gasteiger partial charge in [0, 0.05) is 6.54 Å². The number of nitrogens with zero attached hydrogens (tertiary/aromatic N) is 1. The third-order valence-corrected chi connectivity index (χ3v) is 7.17. The zero-order chi connectivity index (χ0) is 32.3. The highest BCUT2D eigenvalue weighted by Gasteiger charge is 2.23. The number of benzene rings is 4. The molecule has 3 amide bonds. The summed E-state index contributed by atoms with van der Waals surface area (Å²) in [4.78, 5) is 39.7. The molecule has 0 saturated carbocycles. The van der Waals surface area contributed by atoms with Gasteiger partial charge in [-0.05, 0) is 60.5 Å². The number of amides is 3. The number of methoxy groups -OCH3 is 2. The second kappa shape index (κ2) is 15.6. The van der Waals surface area contributed by atoms with E-state index in [1.54, 1.807) is 41.3 Å². The maximum absolute atomic E-state index is 13.9. The lowest BCUT2D eigenvalue weighted by Crippen LogP contribution is -2.42. The van der Waals surface area contributed by atoms with E-state index in [9.17, 15) is 18.8 Å². The van der Waals surface area contributed by atoms with Crippen molar-refractivity contribution in [2.75, 3.05) is 31.5 Å². The van der Waals surface area contributed by atoms with E-state index < -0.39 is 17.8 Å². The van der Waals surface area contributed by atoms with Crippen LogP contribution in [0.5, 0.6) is 11.5 Å². The van der Waals surface area contributed by atoms with E-state index in [0.717, 1.165) is 5.56 Å². The fourth-order valence-corrected chi connectivity index (χ4v) is 4.73. The van der Waals surface area contributed by atoms with Crippen LogP contribution in [0.1, 0.15) is 28.4 Å². The van der Waals surface area contributed by atoms with Crippen molar-refractivity contribution in [3.05, 3.63) is 119 Å². The van der Waals surface area contributed by atoms with Crippen molar-refractivity contribution in [2.24, 2.45) is 0 Å². The Morgan fingerprint density at radius 1 is 0.844 bits per heavy atom. The smallest absolute Gasteiger partial charge is 0.337 e. The lowest BCUT2D eigenvalue weighted by molar-refractivity contribution is -0.133. The number of hydrogen-bond acceptors (Lipinski definition) is 6. The largest absolute Gasteiger partial charge is 0.495 e. The number of ether oxygens (including phenoxy) is 3. The summed E-state index contributed by atoms with van der Waals surface area (Å²) >= 11 is 6.34. The highest BCUT2D eigenvalue weighted by molar-refractivity contribution is 6.32. The summed E-state index contributed by atoms with van der Waals surface area (Å²) in [5.41, 5.74) is 2.28. The number of anilines is 2. The van der Waals surface area contributed by atoms with Gasteiger partial charge in [0.1, 0.15) is 23.9 Å². The molecule has 2 N–H and O–H groups in total. The number of esters is 1. The second-order valence-electron chi connectivity index (χ2n) is 10.1. The molecule has 0 unspecified atom stereocenters. The molecular formula is C34H33ClFN3O6. The molecule has 0 aromatic heterocycles. The molecular weight excluding hydrogens is 601 g/mol. The standard InChI is InChI=1S/C34H33ClFN3O6/c1-22(21-45-30-16-14-25(19-26(30)35)33(41)44-3)39(20-23-9-5-4-6-10-23)32(40)18-24-13-15-29(31(17-24)43-2)38-34(42)37-28-12-8-7-11-27(28)36/h4-17,19,22H,18,20-21H2,1-3H3,(H2,37,38,42)/t22-/m0/s1. The fraction of sp³-hybridized carbons (Fsp3) is 0.206. The average Bonchev–Trinajstić information content (AvgIpc) is 3.04. The molecule has 0 heterocycles. The molecule has 234 valence electrons. The van der Waals surface area contributed by atoms with Gasteiger partial charge in [0.05, 0.1) is 48.6 Å². The van der Waals surface area contributed by atoms with Crippen molar-refractivity contribution in [3.8, 4) is 11.5 Å². The van der Waals surface area contributed by atoms with Crippen LogP contribution in [0.4, 0.5) is 20.6 Å². The number of urea groups is 1. The first-order valence-corrected chi connectivity index (χ1v) is 14.4. The molecule has 0 bridgehead atoms. The number of para-hydroxylation sites is 1. The van der Waals surface area contributed by atoms with Crippen molar-refractivity contribution in [2.45, 2.75) is 25.9 Å². The number of carbonyl (C=O) groups excluding carboxylic acids is 3. The van der Waals surface area contributed by atoms with Crippen LogP contribution in [0.2, 0.25) is 5.02 Å². The second-order valence-corrected chi connectivity index (χ2v) is 10.5. The molecule has 0 radical (unpaired) electrons. The van der Waals surface area contributed by atoms with Crippen LogP contribution in [0.3, 0.4) is 0 Å². The predicted molar refractivity (Wildman–Crippen MR) is 170 cm³/mol. The van der Waals surface area contributed by atoms with Gasteiger partial charge < -0.3 is 29.7 Å². The average molecular weight is 634 g/mol. The monoisotopic (exact) mass is 633 g/mol. The molecule has 0 saturated heterocycles. The lowest BCUT2D eigenvalue weighted by Gasteiger charge is -2.30. The Kier molecular flexibility index (Phi) is 11.4. The van der Waals surface area contributed by atoms with Gasteiger partial charge >= 0.3 is 12.0 Å². The van der Waals surface area contributed by atoms with E-state index in [2.05, 4.69) is 10.6 Å². The molecule has 4 aromatic rings. The van der Waals surface area contributed by atoms with E-state index in [1.165, 1.54) is 38.5 Å². The zero-order valence-corrected chi connectivity index (χ0v) is 25.8. The van der Waals surface area contributed by atoms with E-state index in [-0.39, 0.29) is 35.7 Å². The third-order valence-electron chi connectivity index (χ3n) is 6.87. The first kappa shape index (κ1) is 32.8. The van der Waals surface area contributed by atoms with Gasteiger partial charge in [-0.1, -0.05) is 60.1 Å². The van der Waals surface area contributed by atoms with Crippen LogP contribution < -0.4 is 20.1 Å². The van der Waals surface area contributed by atoms with Gasteiger partial charge in [0.2, 0.25) is 5.91 Å². The maximum Gasteiger partial charge on any atom is 0.337 e. The Bertz CT molecular complexity index is 1650. The molecule has 4 rings (SSSR count). The molecule has 1 atom stereocenters. The Hall–Kier alpha value is -5.09. The molecule has 45 heavy (non-hydrogen) atoms. The van der Waals surface area contributed by atoms with E-state index >= 15 is 0 Å². The molecule has 4 aromatic carbocycles.